The number of amides is 1. The Kier molecular flexibility index (Phi) is 4.00. The number of carbonyl (C=O) groups is 1. The van der Waals surface area contributed by atoms with Crippen molar-refractivity contribution < 1.29 is 4.79 Å². The number of pyridine rings is 1. The van der Waals surface area contributed by atoms with Crippen molar-refractivity contribution in [3.8, 4) is 0 Å². The van der Waals surface area contributed by atoms with Crippen LogP contribution in [0.3, 0.4) is 0 Å². The lowest BCUT2D eigenvalue weighted by atomic mass is 9.95. The van der Waals surface area contributed by atoms with E-state index in [1.54, 1.807) is 0 Å². The normalized spacial score (nSPS) is 18.5. The summed E-state index contributed by atoms with van der Waals surface area (Å²) in [4.78, 5) is 19.1. The van der Waals surface area contributed by atoms with Gasteiger partial charge < -0.3 is 4.90 Å². The Morgan fingerprint density at radius 2 is 1.95 bits per heavy atom. The fourth-order valence-electron chi connectivity index (χ4n) is 2.94. The molecule has 1 saturated heterocycles. The van der Waals surface area contributed by atoms with Crippen LogP contribution >= 0.6 is 0 Å². The number of hydrogen-bond donors (Lipinski definition) is 0. The van der Waals surface area contributed by atoms with E-state index in [1.807, 2.05) is 54.4 Å². The van der Waals surface area contributed by atoms with Crippen LogP contribution in [-0.2, 0) is 0 Å². The third-order valence-corrected chi connectivity index (χ3v) is 4.10. The molecular weight excluding hydrogens is 260 g/mol. The van der Waals surface area contributed by atoms with Gasteiger partial charge >= 0.3 is 0 Å². The minimum Gasteiger partial charge on any atom is -0.332 e. The van der Waals surface area contributed by atoms with Gasteiger partial charge in [0.1, 0.15) is 0 Å². The Morgan fingerprint density at radius 3 is 2.67 bits per heavy atom. The number of hydrogen-bond acceptors (Lipinski definition) is 2. The molecule has 1 aromatic heterocycles. The van der Waals surface area contributed by atoms with Gasteiger partial charge in [-0.3, -0.25) is 9.78 Å². The van der Waals surface area contributed by atoms with Gasteiger partial charge in [0.15, 0.2) is 0 Å². The van der Waals surface area contributed by atoms with Crippen molar-refractivity contribution in [1.82, 2.24) is 9.88 Å². The maximum Gasteiger partial charge on any atom is 0.254 e. The van der Waals surface area contributed by atoms with Crippen LogP contribution in [0.1, 0.15) is 46.9 Å². The maximum atomic E-state index is 12.8. The second-order valence-corrected chi connectivity index (χ2v) is 5.61. The first-order chi connectivity index (χ1) is 10.3. The van der Waals surface area contributed by atoms with Gasteiger partial charge in [-0.25, -0.2) is 0 Å². The number of nitrogens with zero attached hydrogens (tertiary/aromatic N) is 2. The molecule has 108 valence electrons. The molecule has 2 aromatic rings. The summed E-state index contributed by atoms with van der Waals surface area (Å²) in [5.41, 5.74) is 2.92. The number of aryl methyl sites for hydroxylation is 1. The number of rotatable bonds is 2. The van der Waals surface area contributed by atoms with Crippen molar-refractivity contribution >= 4 is 5.91 Å². The monoisotopic (exact) mass is 280 g/mol. The smallest absolute Gasteiger partial charge is 0.254 e. The van der Waals surface area contributed by atoms with Crippen molar-refractivity contribution in [2.24, 2.45) is 0 Å². The summed E-state index contributed by atoms with van der Waals surface area (Å²) in [6.45, 7) is 2.81. The van der Waals surface area contributed by atoms with Crippen molar-refractivity contribution in [2.75, 3.05) is 6.54 Å². The number of likely N-dealkylation sites (tertiary alicyclic amines) is 1. The number of carbonyl (C=O) groups excluding carboxylic acids is 1. The highest BCUT2D eigenvalue weighted by molar-refractivity contribution is 5.94. The van der Waals surface area contributed by atoms with E-state index in [9.17, 15) is 4.79 Å². The van der Waals surface area contributed by atoms with Gasteiger partial charge in [0.2, 0.25) is 0 Å². The fourth-order valence-corrected chi connectivity index (χ4v) is 2.94. The Labute approximate surface area is 125 Å². The number of aromatic nitrogens is 1. The molecule has 0 N–H and O–H groups in total. The van der Waals surface area contributed by atoms with Crippen molar-refractivity contribution in [2.45, 2.75) is 32.2 Å². The van der Waals surface area contributed by atoms with Crippen LogP contribution in [-0.4, -0.2) is 22.3 Å². The third-order valence-electron chi connectivity index (χ3n) is 4.10. The van der Waals surface area contributed by atoms with E-state index in [2.05, 4.69) is 11.1 Å². The second kappa shape index (κ2) is 6.08. The van der Waals surface area contributed by atoms with Gasteiger partial charge in [0.05, 0.1) is 6.04 Å². The molecule has 0 bridgehead atoms. The Bertz CT molecular complexity index is 607. The number of benzene rings is 1. The van der Waals surface area contributed by atoms with Crippen LogP contribution in [0.4, 0.5) is 0 Å². The molecule has 3 nitrogen and oxygen atoms in total. The summed E-state index contributed by atoms with van der Waals surface area (Å²) in [6, 6.07) is 13.8. The van der Waals surface area contributed by atoms with Gasteiger partial charge in [-0.05, 0) is 49.9 Å². The van der Waals surface area contributed by atoms with Crippen LogP contribution in [0.15, 0.2) is 48.7 Å². The highest BCUT2D eigenvalue weighted by Gasteiger charge is 2.28. The summed E-state index contributed by atoms with van der Waals surface area (Å²) < 4.78 is 0. The summed E-state index contributed by atoms with van der Waals surface area (Å²) in [5.74, 6) is 0.126. The standard InChI is InChI=1S/C18H20N2O/c1-14-10-11-16(13-19-14)17-9-5-6-12-20(17)18(21)15-7-3-2-4-8-15/h2-4,7-8,10-11,13,17H,5-6,9,12H2,1H3. The van der Waals surface area contributed by atoms with E-state index < -0.39 is 0 Å². The molecule has 0 spiro atoms. The molecule has 1 aliphatic rings. The summed E-state index contributed by atoms with van der Waals surface area (Å²) in [7, 11) is 0. The molecule has 3 heteroatoms. The predicted octanol–water partition coefficient (Wildman–Crippen LogP) is 3.76. The van der Waals surface area contributed by atoms with Gasteiger partial charge in [-0.2, -0.15) is 0 Å². The van der Waals surface area contributed by atoms with E-state index in [0.29, 0.717) is 0 Å². The zero-order valence-electron chi connectivity index (χ0n) is 12.3. The average molecular weight is 280 g/mol. The largest absolute Gasteiger partial charge is 0.332 e. The van der Waals surface area contributed by atoms with E-state index in [4.69, 9.17) is 0 Å². The summed E-state index contributed by atoms with van der Waals surface area (Å²) in [6.07, 6.45) is 5.17. The first-order valence-corrected chi connectivity index (χ1v) is 7.54. The third kappa shape index (κ3) is 2.97. The van der Waals surface area contributed by atoms with Crippen LogP contribution in [0.2, 0.25) is 0 Å². The zero-order valence-corrected chi connectivity index (χ0v) is 12.3. The van der Waals surface area contributed by atoms with Crippen LogP contribution in [0, 0.1) is 6.92 Å². The molecule has 21 heavy (non-hydrogen) atoms. The molecule has 1 fully saturated rings. The lowest BCUT2D eigenvalue weighted by Crippen LogP contribution is -2.38. The Balaban J connectivity index is 1.88. The molecule has 1 amide bonds. The van der Waals surface area contributed by atoms with E-state index in [1.165, 1.54) is 0 Å². The fraction of sp³-hybridized carbons (Fsp3) is 0.333. The summed E-state index contributed by atoms with van der Waals surface area (Å²) >= 11 is 0. The van der Waals surface area contributed by atoms with Crippen molar-refractivity contribution in [3.05, 3.63) is 65.5 Å². The van der Waals surface area contributed by atoms with Gasteiger partial charge in [0.25, 0.3) is 5.91 Å². The molecule has 0 radical (unpaired) electrons. The molecule has 3 rings (SSSR count). The van der Waals surface area contributed by atoms with E-state index in [0.717, 1.165) is 42.6 Å². The molecule has 1 aliphatic heterocycles. The lowest BCUT2D eigenvalue weighted by Gasteiger charge is -2.36. The Hall–Kier alpha value is -2.16. The number of piperidine rings is 1. The topological polar surface area (TPSA) is 33.2 Å². The first-order valence-electron chi connectivity index (χ1n) is 7.54. The first kappa shape index (κ1) is 13.8. The maximum absolute atomic E-state index is 12.8. The van der Waals surface area contributed by atoms with Crippen LogP contribution < -0.4 is 0 Å². The summed E-state index contributed by atoms with van der Waals surface area (Å²) in [5, 5.41) is 0. The van der Waals surface area contributed by atoms with E-state index in [-0.39, 0.29) is 11.9 Å². The molecule has 1 atom stereocenters. The lowest BCUT2D eigenvalue weighted by molar-refractivity contribution is 0.0611. The van der Waals surface area contributed by atoms with Gasteiger partial charge in [-0.15, -0.1) is 0 Å². The van der Waals surface area contributed by atoms with Gasteiger partial charge in [0, 0.05) is 24.0 Å². The molecule has 0 aliphatic carbocycles. The molecule has 2 heterocycles. The zero-order chi connectivity index (χ0) is 14.7. The van der Waals surface area contributed by atoms with Crippen LogP contribution in [0.5, 0.6) is 0 Å². The van der Waals surface area contributed by atoms with Crippen molar-refractivity contribution in [1.29, 1.82) is 0 Å². The van der Waals surface area contributed by atoms with Crippen molar-refractivity contribution in [3.63, 3.8) is 0 Å². The molecule has 1 unspecified atom stereocenters. The SMILES string of the molecule is Cc1ccc(C2CCCCN2C(=O)c2ccccc2)cn1. The van der Waals surface area contributed by atoms with E-state index >= 15 is 0 Å². The van der Waals surface area contributed by atoms with Crippen LogP contribution in [0.25, 0.3) is 0 Å². The predicted molar refractivity (Wildman–Crippen MR) is 83.0 cm³/mol. The molecule has 0 saturated carbocycles. The molecular formula is C18H20N2O. The minimum absolute atomic E-state index is 0.126. The minimum atomic E-state index is 0.126. The highest BCUT2D eigenvalue weighted by atomic mass is 16.2. The van der Waals surface area contributed by atoms with Gasteiger partial charge in [-0.1, -0.05) is 24.3 Å². The highest BCUT2D eigenvalue weighted by Crippen LogP contribution is 2.31. The molecule has 1 aromatic carbocycles. The quantitative estimate of drug-likeness (QED) is 0.839. The Morgan fingerprint density at radius 1 is 1.14 bits per heavy atom. The second-order valence-electron chi connectivity index (χ2n) is 5.61. The average Bonchev–Trinajstić information content (AvgIpc) is 2.56.